The van der Waals surface area contributed by atoms with Crippen LogP contribution in [0.2, 0.25) is 5.02 Å². The smallest absolute Gasteiger partial charge is 0.266 e. The van der Waals surface area contributed by atoms with Gasteiger partial charge in [0.1, 0.15) is 24.0 Å². The van der Waals surface area contributed by atoms with Crippen molar-refractivity contribution in [1.82, 2.24) is 0 Å². The highest BCUT2D eigenvalue weighted by Crippen LogP contribution is 2.33. The van der Waals surface area contributed by atoms with Crippen molar-refractivity contribution >= 4 is 29.3 Å². The summed E-state index contributed by atoms with van der Waals surface area (Å²) in [6.45, 7) is 0.262. The molecule has 0 radical (unpaired) electrons. The number of halogens is 1. The third kappa shape index (κ3) is 5.81. The Kier molecular flexibility index (Phi) is 7.74. The standard InChI is InChI=1S/C25H21ClN2O4/c1-30-22-12-10-21(11-13-22)28-25(29)19(15-27)14-18-4-3-5-23(31-2)24(18)32-16-17-6-8-20(26)9-7-17/h3-14H,16H2,1-2H3,(H,28,29)/b19-14-. The fourth-order valence-electron chi connectivity index (χ4n) is 2.87. The van der Waals surface area contributed by atoms with Gasteiger partial charge in [0.05, 0.1) is 14.2 Å². The maximum atomic E-state index is 12.7. The molecule has 32 heavy (non-hydrogen) atoms. The van der Waals surface area contributed by atoms with Crippen molar-refractivity contribution in [2.45, 2.75) is 6.61 Å². The van der Waals surface area contributed by atoms with Crippen LogP contribution in [0.1, 0.15) is 11.1 Å². The average Bonchev–Trinajstić information content (AvgIpc) is 2.82. The van der Waals surface area contributed by atoms with E-state index in [1.165, 1.54) is 13.2 Å². The molecule has 0 bridgehead atoms. The number of carbonyl (C=O) groups excluding carboxylic acids is 1. The van der Waals surface area contributed by atoms with Crippen LogP contribution in [0.5, 0.6) is 17.2 Å². The summed E-state index contributed by atoms with van der Waals surface area (Å²) in [5, 5.41) is 12.9. The largest absolute Gasteiger partial charge is 0.497 e. The average molecular weight is 449 g/mol. The van der Waals surface area contributed by atoms with Gasteiger partial charge in [0.15, 0.2) is 11.5 Å². The predicted octanol–water partition coefficient (Wildman–Crippen LogP) is 5.48. The third-order valence-corrected chi connectivity index (χ3v) is 4.79. The summed E-state index contributed by atoms with van der Waals surface area (Å²) in [4.78, 5) is 12.7. The fourth-order valence-corrected chi connectivity index (χ4v) is 3.00. The number of hydrogen-bond donors (Lipinski definition) is 1. The minimum atomic E-state index is -0.538. The van der Waals surface area contributed by atoms with E-state index in [0.717, 1.165) is 5.56 Å². The van der Waals surface area contributed by atoms with Crippen molar-refractivity contribution in [3.63, 3.8) is 0 Å². The third-order valence-electron chi connectivity index (χ3n) is 4.54. The van der Waals surface area contributed by atoms with Crippen LogP contribution >= 0.6 is 11.6 Å². The Hall–Kier alpha value is -3.95. The molecule has 0 aromatic heterocycles. The lowest BCUT2D eigenvalue weighted by atomic mass is 10.1. The summed E-state index contributed by atoms with van der Waals surface area (Å²) in [6.07, 6.45) is 1.47. The summed E-state index contributed by atoms with van der Waals surface area (Å²) in [6, 6.07) is 21.3. The zero-order valence-electron chi connectivity index (χ0n) is 17.6. The summed E-state index contributed by atoms with van der Waals surface area (Å²) < 4.78 is 16.5. The number of anilines is 1. The maximum absolute atomic E-state index is 12.7. The van der Waals surface area contributed by atoms with E-state index >= 15 is 0 Å². The maximum Gasteiger partial charge on any atom is 0.266 e. The van der Waals surface area contributed by atoms with Gasteiger partial charge in [-0.1, -0.05) is 35.9 Å². The van der Waals surface area contributed by atoms with Crippen molar-refractivity contribution in [3.8, 4) is 23.3 Å². The van der Waals surface area contributed by atoms with E-state index in [1.807, 2.05) is 18.2 Å². The van der Waals surface area contributed by atoms with Crippen LogP contribution in [0.25, 0.3) is 6.08 Å². The van der Waals surface area contributed by atoms with E-state index in [1.54, 1.807) is 61.7 Å². The Balaban J connectivity index is 1.84. The Labute approximate surface area is 191 Å². The molecular formula is C25H21ClN2O4. The molecule has 1 N–H and O–H groups in total. The molecule has 0 heterocycles. The van der Waals surface area contributed by atoms with Crippen LogP contribution in [-0.4, -0.2) is 20.1 Å². The summed E-state index contributed by atoms with van der Waals surface area (Å²) in [5.74, 6) is 1.04. The van der Waals surface area contributed by atoms with Gasteiger partial charge in [0.25, 0.3) is 5.91 Å². The second-order valence-electron chi connectivity index (χ2n) is 6.65. The number of ether oxygens (including phenoxy) is 3. The predicted molar refractivity (Wildman–Crippen MR) is 124 cm³/mol. The monoisotopic (exact) mass is 448 g/mol. The Morgan fingerprint density at radius 1 is 1.03 bits per heavy atom. The van der Waals surface area contributed by atoms with E-state index < -0.39 is 5.91 Å². The van der Waals surface area contributed by atoms with Crippen molar-refractivity contribution in [3.05, 3.63) is 88.5 Å². The SMILES string of the molecule is COc1ccc(NC(=O)/C(C#N)=C\c2cccc(OC)c2OCc2ccc(Cl)cc2)cc1. The molecule has 0 unspecified atom stereocenters. The molecule has 0 spiro atoms. The van der Waals surface area contributed by atoms with Crippen LogP contribution in [-0.2, 0) is 11.4 Å². The highest BCUT2D eigenvalue weighted by Gasteiger charge is 2.14. The van der Waals surface area contributed by atoms with Gasteiger partial charge in [-0.25, -0.2) is 0 Å². The van der Waals surface area contributed by atoms with E-state index in [2.05, 4.69) is 5.32 Å². The van der Waals surface area contributed by atoms with Crippen LogP contribution in [0.3, 0.4) is 0 Å². The molecule has 0 aliphatic heterocycles. The van der Waals surface area contributed by atoms with Gasteiger partial charge >= 0.3 is 0 Å². The Morgan fingerprint density at radius 2 is 1.75 bits per heavy atom. The number of amides is 1. The van der Waals surface area contributed by atoms with Crippen LogP contribution in [0, 0.1) is 11.3 Å². The first kappa shape index (κ1) is 22.7. The molecule has 0 fully saturated rings. The van der Waals surface area contributed by atoms with Gasteiger partial charge < -0.3 is 19.5 Å². The van der Waals surface area contributed by atoms with Gasteiger partial charge in [-0.05, 0) is 54.1 Å². The zero-order valence-corrected chi connectivity index (χ0v) is 18.3. The minimum Gasteiger partial charge on any atom is -0.497 e. The van der Waals surface area contributed by atoms with Gasteiger partial charge in [-0.2, -0.15) is 5.26 Å². The van der Waals surface area contributed by atoms with Crippen LogP contribution < -0.4 is 19.5 Å². The van der Waals surface area contributed by atoms with E-state index in [0.29, 0.717) is 33.5 Å². The van der Waals surface area contributed by atoms with E-state index in [9.17, 15) is 10.1 Å². The zero-order chi connectivity index (χ0) is 22.9. The lowest BCUT2D eigenvalue weighted by molar-refractivity contribution is -0.112. The van der Waals surface area contributed by atoms with Crippen molar-refractivity contribution in [1.29, 1.82) is 5.26 Å². The molecule has 0 aliphatic rings. The molecule has 6 nitrogen and oxygen atoms in total. The number of benzene rings is 3. The summed E-state index contributed by atoms with van der Waals surface area (Å²) in [5.41, 5.74) is 1.92. The number of hydrogen-bond acceptors (Lipinski definition) is 5. The number of nitrogens with zero attached hydrogens (tertiary/aromatic N) is 1. The highest BCUT2D eigenvalue weighted by atomic mass is 35.5. The lowest BCUT2D eigenvalue weighted by Crippen LogP contribution is -2.13. The molecule has 0 atom stereocenters. The molecular weight excluding hydrogens is 428 g/mol. The Bertz CT molecular complexity index is 1150. The Morgan fingerprint density at radius 3 is 2.38 bits per heavy atom. The normalized spacial score (nSPS) is 10.8. The first-order valence-electron chi connectivity index (χ1n) is 9.65. The van der Waals surface area contributed by atoms with E-state index in [-0.39, 0.29) is 12.2 Å². The quantitative estimate of drug-likeness (QED) is 0.364. The van der Waals surface area contributed by atoms with Crippen molar-refractivity contribution in [2.24, 2.45) is 0 Å². The molecule has 0 aliphatic carbocycles. The molecule has 7 heteroatoms. The van der Waals surface area contributed by atoms with Gasteiger partial charge in [-0.3, -0.25) is 4.79 Å². The molecule has 3 aromatic carbocycles. The number of rotatable bonds is 8. The number of para-hydroxylation sites is 1. The molecule has 3 rings (SSSR count). The summed E-state index contributed by atoms with van der Waals surface area (Å²) >= 11 is 5.93. The number of nitrogens with one attached hydrogen (secondary N) is 1. The first-order chi connectivity index (χ1) is 15.5. The number of nitriles is 1. The minimum absolute atomic E-state index is 0.0783. The molecule has 0 saturated carbocycles. The van der Waals surface area contributed by atoms with Gasteiger partial charge in [-0.15, -0.1) is 0 Å². The lowest BCUT2D eigenvalue weighted by Gasteiger charge is -2.14. The van der Waals surface area contributed by atoms with Gasteiger partial charge in [0.2, 0.25) is 0 Å². The second kappa shape index (κ2) is 10.9. The van der Waals surface area contributed by atoms with E-state index in [4.69, 9.17) is 25.8 Å². The number of carbonyl (C=O) groups is 1. The molecule has 162 valence electrons. The first-order valence-corrected chi connectivity index (χ1v) is 10.0. The number of methoxy groups -OCH3 is 2. The summed E-state index contributed by atoms with van der Waals surface area (Å²) in [7, 11) is 3.09. The van der Waals surface area contributed by atoms with Crippen LogP contribution in [0.15, 0.2) is 72.3 Å². The van der Waals surface area contributed by atoms with Crippen LogP contribution in [0.4, 0.5) is 5.69 Å². The fraction of sp³-hybridized carbons (Fsp3) is 0.120. The van der Waals surface area contributed by atoms with Crippen molar-refractivity contribution < 1.29 is 19.0 Å². The highest BCUT2D eigenvalue weighted by molar-refractivity contribution is 6.30. The topological polar surface area (TPSA) is 80.6 Å². The van der Waals surface area contributed by atoms with Crippen molar-refractivity contribution in [2.75, 3.05) is 19.5 Å². The molecule has 3 aromatic rings. The second-order valence-corrected chi connectivity index (χ2v) is 7.08. The molecule has 1 amide bonds. The molecule has 0 saturated heterocycles. The van der Waals surface area contributed by atoms with Gasteiger partial charge in [0, 0.05) is 16.3 Å².